The Morgan fingerprint density at radius 2 is 2.04 bits per heavy atom. The maximum absolute atomic E-state index is 12.1. The zero-order valence-corrected chi connectivity index (χ0v) is 16.3. The molecule has 1 aromatic carbocycles. The summed E-state index contributed by atoms with van der Waals surface area (Å²) >= 11 is 0. The fourth-order valence-corrected chi connectivity index (χ4v) is 4.19. The average Bonchev–Trinajstić information content (AvgIpc) is 3.25. The second-order valence-electron chi connectivity index (χ2n) is 6.84. The third-order valence-corrected chi connectivity index (χ3v) is 5.71. The van der Waals surface area contributed by atoms with Crippen molar-refractivity contribution in [2.75, 3.05) is 19.4 Å². The summed E-state index contributed by atoms with van der Waals surface area (Å²) in [5, 5.41) is 0.138. The molecule has 1 aromatic heterocycles. The van der Waals surface area contributed by atoms with E-state index in [1.807, 2.05) is 22.8 Å². The molecule has 1 aliphatic heterocycles. The maximum Gasteiger partial charge on any atom is 0.227 e. The van der Waals surface area contributed by atoms with Gasteiger partial charge in [0.05, 0.1) is 24.5 Å². The van der Waals surface area contributed by atoms with Crippen molar-refractivity contribution in [3.05, 3.63) is 47.8 Å². The Morgan fingerprint density at radius 3 is 2.65 bits per heavy atom. The van der Waals surface area contributed by atoms with E-state index in [1.54, 1.807) is 6.20 Å². The molecule has 1 atom stereocenters. The van der Waals surface area contributed by atoms with E-state index >= 15 is 0 Å². The Bertz CT molecular complexity index is 812. The average molecular weight is 378 g/mol. The second kappa shape index (κ2) is 8.33. The summed E-state index contributed by atoms with van der Waals surface area (Å²) in [6.07, 6.45) is 4.96. The smallest absolute Gasteiger partial charge is 0.227 e. The number of nitrogens with zero attached hydrogens (tertiary/aromatic N) is 3. The van der Waals surface area contributed by atoms with Crippen molar-refractivity contribution in [1.82, 2.24) is 14.5 Å². The fraction of sp³-hybridized carbons (Fsp3) is 0.526. The molecule has 1 fully saturated rings. The van der Waals surface area contributed by atoms with E-state index < -0.39 is 9.84 Å². The summed E-state index contributed by atoms with van der Waals surface area (Å²) in [7, 11) is -3.38. The van der Waals surface area contributed by atoms with Gasteiger partial charge in [0.15, 0.2) is 0 Å². The second-order valence-corrected chi connectivity index (χ2v) is 8.75. The van der Waals surface area contributed by atoms with Gasteiger partial charge in [0, 0.05) is 26.0 Å². The van der Waals surface area contributed by atoms with Gasteiger partial charge in [0.2, 0.25) is 15.0 Å². The summed E-state index contributed by atoms with van der Waals surface area (Å²) in [5.74, 6) is 0. The summed E-state index contributed by atoms with van der Waals surface area (Å²) in [4.78, 5) is 6.50. The molecule has 0 aliphatic carbocycles. The predicted molar refractivity (Wildman–Crippen MR) is 101 cm³/mol. The number of imidazole rings is 1. The molecule has 0 unspecified atom stereocenters. The van der Waals surface area contributed by atoms with Crippen LogP contribution in [-0.4, -0.2) is 48.4 Å². The normalized spacial score (nSPS) is 17.9. The first-order valence-electron chi connectivity index (χ1n) is 9.09. The molecule has 0 amide bonds. The van der Waals surface area contributed by atoms with Gasteiger partial charge in [-0.2, -0.15) is 0 Å². The van der Waals surface area contributed by atoms with Gasteiger partial charge < -0.3 is 9.30 Å². The van der Waals surface area contributed by atoms with Gasteiger partial charge in [0.1, 0.15) is 0 Å². The molecule has 0 spiro atoms. The van der Waals surface area contributed by atoms with Gasteiger partial charge in [-0.15, -0.1) is 0 Å². The zero-order chi connectivity index (χ0) is 18.6. The molecule has 1 saturated heterocycles. The van der Waals surface area contributed by atoms with Crippen molar-refractivity contribution in [2.45, 2.75) is 50.7 Å². The number of ether oxygens (including phenoxy) is 1. The van der Waals surface area contributed by atoms with Crippen LogP contribution < -0.4 is 0 Å². The third-order valence-electron chi connectivity index (χ3n) is 4.73. The highest BCUT2D eigenvalue weighted by Crippen LogP contribution is 2.20. The highest BCUT2D eigenvalue weighted by atomic mass is 32.2. The van der Waals surface area contributed by atoms with E-state index in [4.69, 9.17) is 4.74 Å². The van der Waals surface area contributed by atoms with Gasteiger partial charge in [-0.1, -0.05) is 37.3 Å². The maximum atomic E-state index is 12.1. The molecule has 6 nitrogen and oxygen atoms in total. The van der Waals surface area contributed by atoms with Crippen LogP contribution in [0.1, 0.15) is 31.0 Å². The monoisotopic (exact) mass is 377 g/mol. The Labute approximate surface area is 155 Å². The molecule has 0 radical (unpaired) electrons. The van der Waals surface area contributed by atoms with E-state index in [0.29, 0.717) is 13.1 Å². The van der Waals surface area contributed by atoms with Crippen LogP contribution in [0.2, 0.25) is 0 Å². The number of rotatable bonds is 8. The zero-order valence-electron chi connectivity index (χ0n) is 15.5. The molecule has 0 saturated carbocycles. The van der Waals surface area contributed by atoms with Gasteiger partial charge in [-0.05, 0) is 24.9 Å². The molecule has 0 bridgehead atoms. The summed E-state index contributed by atoms with van der Waals surface area (Å²) < 4.78 is 31.8. The predicted octanol–water partition coefficient (Wildman–Crippen LogP) is 2.49. The Hall–Kier alpha value is -1.70. The summed E-state index contributed by atoms with van der Waals surface area (Å²) in [6, 6.07) is 10.3. The van der Waals surface area contributed by atoms with Crippen molar-refractivity contribution >= 4 is 9.84 Å². The molecular formula is C19H27N3O3S. The van der Waals surface area contributed by atoms with E-state index in [-0.39, 0.29) is 11.3 Å². The highest BCUT2D eigenvalue weighted by molar-refractivity contribution is 7.90. The van der Waals surface area contributed by atoms with Crippen LogP contribution in [0.25, 0.3) is 0 Å². The molecular weight excluding hydrogens is 350 g/mol. The van der Waals surface area contributed by atoms with Crippen molar-refractivity contribution in [3.63, 3.8) is 0 Å². The third kappa shape index (κ3) is 4.72. The van der Waals surface area contributed by atoms with Crippen molar-refractivity contribution in [1.29, 1.82) is 0 Å². The van der Waals surface area contributed by atoms with Crippen LogP contribution in [0, 0.1) is 0 Å². The molecule has 2 heterocycles. The standard InChI is InChI=1S/C19H27N3O3S/c1-3-21(13-16-8-5-4-6-9-16)14-17-12-20-19(26(2,23)24)22(17)15-18-10-7-11-25-18/h4-6,8-9,12,18H,3,7,10-11,13-15H2,1-2H3/t18-/m1/s1. The minimum Gasteiger partial charge on any atom is -0.376 e. The SMILES string of the molecule is CCN(Cc1ccccc1)Cc1cnc(S(C)(=O)=O)n1C[C@H]1CCCO1. The number of sulfone groups is 1. The first kappa shape index (κ1) is 19.1. The first-order valence-corrected chi connectivity index (χ1v) is 11.0. The van der Waals surface area contributed by atoms with Crippen molar-refractivity contribution < 1.29 is 13.2 Å². The van der Waals surface area contributed by atoms with E-state index in [1.165, 1.54) is 11.8 Å². The lowest BCUT2D eigenvalue weighted by molar-refractivity contribution is 0.0932. The molecule has 7 heteroatoms. The number of hydrogen-bond acceptors (Lipinski definition) is 5. The largest absolute Gasteiger partial charge is 0.376 e. The van der Waals surface area contributed by atoms with Crippen LogP contribution >= 0.6 is 0 Å². The minimum absolute atomic E-state index is 0.0626. The number of hydrogen-bond donors (Lipinski definition) is 0. The number of benzene rings is 1. The lowest BCUT2D eigenvalue weighted by Gasteiger charge is -2.22. The van der Waals surface area contributed by atoms with Crippen LogP contribution in [0.5, 0.6) is 0 Å². The Balaban J connectivity index is 1.82. The molecule has 0 N–H and O–H groups in total. The van der Waals surface area contributed by atoms with Crippen molar-refractivity contribution in [2.24, 2.45) is 0 Å². The van der Waals surface area contributed by atoms with Crippen LogP contribution in [-0.2, 0) is 34.2 Å². The minimum atomic E-state index is -3.38. The quantitative estimate of drug-likeness (QED) is 0.707. The van der Waals surface area contributed by atoms with E-state index in [9.17, 15) is 8.42 Å². The summed E-state index contributed by atoms with van der Waals surface area (Å²) in [5.41, 5.74) is 2.15. The van der Waals surface area contributed by atoms with Crippen LogP contribution in [0.4, 0.5) is 0 Å². The van der Waals surface area contributed by atoms with Gasteiger partial charge in [0.25, 0.3) is 0 Å². The Morgan fingerprint density at radius 1 is 1.27 bits per heavy atom. The lowest BCUT2D eigenvalue weighted by atomic mass is 10.2. The van der Waals surface area contributed by atoms with E-state index in [2.05, 4.69) is 28.9 Å². The highest BCUT2D eigenvalue weighted by Gasteiger charge is 2.24. The van der Waals surface area contributed by atoms with Crippen molar-refractivity contribution in [3.8, 4) is 0 Å². The van der Waals surface area contributed by atoms with Crippen LogP contribution in [0.3, 0.4) is 0 Å². The van der Waals surface area contributed by atoms with E-state index in [0.717, 1.165) is 38.2 Å². The molecule has 142 valence electrons. The molecule has 1 aliphatic rings. The lowest BCUT2D eigenvalue weighted by Crippen LogP contribution is -2.26. The Kier molecular flexibility index (Phi) is 6.11. The fourth-order valence-electron chi connectivity index (χ4n) is 3.35. The molecule has 2 aromatic rings. The molecule has 26 heavy (non-hydrogen) atoms. The van der Waals surface area contributed by atoms with Gasteiger partial charge >= 0.3 is 0 Å². The van der Waals surface area contributed by atoms with Gasteiger partial charge in [-0.3, -0.25) is 4.90 Å². The molecule has 3 rings (SSSR count). The summed E-state index contributed by atoms with van der Waals surface area (Å²) in [6.45, 7) is 5.74. The first-order chi connectivity index (χ1) is 12.5. The number of aromatic nitrogens is 2. The van der Waals surface area contributed by atoms with Gasteiger partial charge in [-0.25, -0.2) is 13.4 Å². The van der Waals surface area contributed by atoms with Crippen LogP contribution in [0.15, 0.2) is 41.7 Å². The topological polar surface area (TPSA) is 64.4 Å².